The van der Waals surface area contributed by atoms with Crippen molar-refractivity contribution in [3.63, 3.8) is 0 Å². The lowest BCUT2D eigenvalue weighted by atomic mass is 9.93. The number of carbonyl (C=O) groups is 5. The molecule has 0 aliphatic carbocycles. The van der Waals surface area contributed by atoms with Crippen molar-refractivity contribution in [3.05, 3.63) is 0 Å². The van der Waals surface area contributed by atoms with E-state index in [9.17, 15) is 141 Å². The largest absolute Gasteiger partial charge is 0.394 e. The molecule has 50 nitrogen and oxygen atoms in total. The minimum atomic E-state index is -2.60. The maximum absolute atomic E-state index is 13.2. The van der Waals surface area contributed by atoms with Crippen LogP contribution < -0.4 is 26.6 Å². The maximum atomic E-state index is 13.2. The molecule has 9 rings (SSSR count). The Morgan fingerprint density at radius 1 is 0.246 bits per heavy atom. The molecular weight excluding hydrogens is 1560 g/mol. The second-order valence-corrected chi connectivity index (χ2v) is 28.9. The van der Waals surface area contributed by atoms with E-state index in [1.165, 1.54) is 6.92 Å². The molecule has 45 atom stereocenters. The van der Waals surface area contributed by atoms with Gasteiger partial charge in [-0.1, -0.05) is 0 Å². The number of aliphatic hydroxyl groups is 23. The van der Waals surface area contributed by atoms with E-state index in [1.807, 2.05) is 0 Å². The van der Waals surface area contributed by atoms with Crippen LogP contribution in [0.25, 0.3) is 0 Å². The number of hydrogen-bond donors (Lipinski definition) is 28. The molecule has 9 fully saturated rings. The molecular formula is C64H107N5O45. The fourth-order valence-corrected chi connectivity index (χ4v) is 14.7. The van der Waals surface area contributed by atoms with Crippen molar-refractivity contribution in [2.24, 2.45) is 0 Å². The van der Waals surface area contributed by atoms with Crippen LogP contribution in [0.1, 0.15) is 41.5 Å². The fourth-order valence-electron chi connectivity index (χ4n) is 14.7. The third-order valence-corrected chi connectivity index (χ3v) is 20.7. The van der Waals surface area contributed by atoms with E-state index in [0.29, 0.717) is 0 Å². The summed E-state index contributed by atoms with van der Waals surface area (Å²) in [6, 6.07) is -9.15. The summed E-state index contributed by atoms with van der Waals surface area (Å²) in [5, 5.41) is 270. The standard InChI is InChI=1S/C64H107N5O45/c1-15-34(81)45(92)47(94)61(100-15)98-14-28-51(43(90)29(56(97)101-28)65-16(2)76)109-60-33(69-20(6)80)44(91)50(25(11-74)106-60)110-62-48(95)53(39(86)27(108-62)13-99-64-55(46(93)38(85)24(10-73)105-64)114-59-32(68-19(5)79)42(89)37(84)23(9-72)104-59)112-63-49(96)54(113-58-31(67-18(4)78)41(88)36(83)22(8-71)103-58)52(26(12-75)107-63)111-57-30(66-17(3)77)40(87)35(82)21(7-70)102-57/h15,21-64,70-75,81-97H,7-14H2,1-6H3,(H,65,76)(H,66,77)(H,67,78)(H,68,79)(H,69,80)/t15-,21+,22+,23+,24+,25+,26+,27+,28+,29+,30+,31+,32+,33+,34+,35+,36+,37+,38+,39+,40+,41+,42+,43+,44+,45+,46-,47-,48-,49-,50+,51+,52+,53-,54+,55-,56?,57-,58-,59-,60-,61+,62-,63+,64-/m0/s1. The Hall–Kier alpha value is -4.25. The van der Waals surface area contributed by atoms with E-state index in [1.54, 1.807) is 0 Å². The molecule has 0 saturated carbocycles. The van der Waals surface area contributed by atoms with Gasteiger partial charge in [-0.15, -0.1) is 0 Å². The number of amides is 5. The molecule has 114 heavy (non-hydrogen) atoms. The van der Waals surface area contributed by atoms with Gasteiger partial charge in [0.2, 0.25) is 29.5 Å². The van der Waals surface area contributed by atoms with Crippen molar-refractivity contribution < 1.29 is 222 Å². The lowest BCUT2D eigenvalue weighted by molar-refractivity contribution is -0.400. The van der Waals surface area contributed by atoms with Crippen LogP contribution in [-0.2, 0) is 104 Å². The summed E-state index contributed by atoms with van der Waals surface area (Å²) in [4.78, 5) is 63.5. The maximum Gasteiger partial charge on any atom is 0.217 e. The number of hydrogen-bond acceptors (Lipinski definition) is 45. The normalized spacial score (nSPS) is 48.2. The smallest absolute Gasteiger partial charge is 0.217 e. The highest BCUT2D eigenvalue weighted by molar-refractivity contribution is 5.75. The quantitative estimate of drug-likeness (QED) is 0.0331. The van der Waals surface area contributed by atoms with Crippen molar-refractivity contribution in [1.29, 1.82) is 0 Å². The zero-order valence-corrected chi connectivity index (χ0v) is 61.9. The first-order valence-electron chi connectivity index (χ1n) is 36.5. The lowest BCUT2D eigenvalue weighted by Gasteiger charge is -2.51. The highest BCUT2D eigenvalue weighted by atomic mass is 16.8. The summed E-state index contributed by atoms with van der Waals surface area (Å²) < 4.78 is 102. The van der Waals surface area contributed by atoms with Gasteiger partial charge in [-0.25, -0.2) is 0 Å². The SMILES string of the molecule is CC(=O)N[C@H]1[C@H](O[C@H]2[C@H](O)[C@@H](NC(C)=O)C(O)O[C@@H]2CO[C@@H]2O[C@@H](C)[C@@H](O)[C@@H](O)[C@@H]2O)O[C@H](CO)[C@@H](O[C@@H]2O[C@H](CO[C@H]3O[C@H](CO)[C@@H](O)[C@H](O)[C@@H]3O[C@@H]3O[C@H](CO)[C@@H](O)[C@H](O)[C@H]3NC(C)=O)[C@@H](O)[C@H](O[C@H]3O[C@H](CO)[C@@H](O[C@@H]4O[C@H](CO)[C@@H](O)[C@H](O)[C@H]4NC(C)=O)[C@H](O[C@@H]4O[C@H](CO)[C@@H](O)[C@H](O)[C@H]4NC(C)=O)[C@@H]3O)[C@@H]2O)[C@@H]1O. The third kappa shape index (κ3) is 21.0. The van der Waals surface area contributed by atoms with E-state index < -0.39 is 358 Å². The first-order valence-corrected chi connectivity index (χ1v) is 36.5. The number of nitrogens with one attached hydrogen (secondary N) is 5. The number of ether oxygens (including phenoxy) is 17. The molecule has 1 unspecified atom stereocenters. The van der Waals surface area contributed by atoms with Gasteiger partial charge >= 0.3 is 0 Å². The van der Waals surface area contributed by atoms with Gasteiger partial charge in [-0.05, 0) is 6.92 Å². The van der Waals surface area contributed by atoms with Crippen molar-refractivity contribution >= 4 is 29.5 Å². The molecule has 9 saturated heterocycles. The monoisotopic (exact) mass is 1670 g/mol. The van der Waals surface area contributed by atoms with E-state index in [4.69, 9.17) is 80.5 Å². The molecule has 0 spiro atoms. The van der Waals surface area contributed by atoms with Gasteiger partial charge in [0.05, 0.1) is 59.0 Å². The Labute approximate surface area is 646 Å². The molecule has 5 amide bonds. The summed E-state index contributed by atoms with van der Waals surface area (Å²) in [6.45, 7) is -2.53. The van der Waals surface area contributed by atoms with Crippen molar-refractivity contribution in [3.8, 4) is 0 Å². The first kappa shape index (κ1) is 93.6. The summed E-state index contributed by atoms with van der Waals surface area (Å²) in [5.41, 5.74) is 0. The average molecular weight is 1670 g/mol. The highest BCUT2D eigenvalue weighted by Gasteiger charge is 2.61. The zero-order valence-electron chi connectivity index (χ0n) is 61.9. The summed E-state index contributed by atoms with van der Waals surface area (Å²) in [6.07, 6.45) is -82.0. The van der Waals surface area contributed by atoms with Crippen LogP contribution in [0.15, 0.2) is 0 Å². The van der Waals surface area contributed by atoms with Crippen LogP contribution >= 0.6 is 0 Å². The molecule has 9 aliphatic heterocycles. The fraction of sp³-hybridized carbons (Fsp3) is 0.922. The second-order valence-electron chi connectivity index (χ2n) is 28.9. The number of rotatable bonds is 29. The molecule has 0 aromatic heterocycles. The van der Waals surface area contributed by atoms with Crippen LogP contribution in [0.5, 0.6) is 0 Å². The highest BCUT2D eigenvalue weighted by Crippen LogP contribution is 2.40. The van der Waals surface area contributed by atoms with Gasteiger partial charge in [0.15, 0.2) is 56.6 Å². The Bertz CT molecular complexity index is 3080. The van der Waals surface area contributed by atoms with E-state index in [0.717, 1.165) is 34.6 Å². The topological polar surface area (TPSA) is 768 Å². The Morgan fingerprint density at radius 2 is 0.553 bits per heavy atom. The minimum Gasteiger partial charge on any atom is -0.394 e. The van der Waals surface area contributed by atoms with Gasteiger partial charge in [-0.3, -0.25) is 24.0 Å². The van der Waals surface area contributed by atoms with E-state index >= 15 is 0 Å². The number of carbonyl (C=O) groups excluding carboxylic acids is 5. The van der Waals surface area contributed by atoms with Gasteiger partial charge in [0.25, 0.3) is 0 Å². The van der Waals surface area contributed by atoms with Crippen LogP contribution in [0.4, 0.5) is 0 Å². The molecule has 658 valence electrons. The second kappa shape index (κ2) is 40.9. The molecule has 28 N–H and O–H groups in total. The van der Waals surface area contributed by atoms with Gasteiger partial charge in [0.1, 0.15) is 213 Å². The molecule has 0 radical (unpaired) electrons. The van der Waals surface area contributed by atoms with Crippen LogP contribution in [-0.4, -0.2) is 476 Å². The summed E-state index contributed by atoms with van der Waals surface area (Å²) in [5.74, 6) is -4.44. The summed E-state index contributed by atoms with van der Waals surface area (Å²) >= 11 is 0. The molecule has 9 aliphatic rings. The van der Waals surface area contributed by atoms with E-state index in [2.05, 4.69) is 26.6 Å². The van der Waals surface area contributed by atoms with Crippen LogP contribution in [0.3, 0.4) is 0 Å². The predicted molar refractivity (Wildman–Crippen MR) is 354 cm³/mol. The summed E-state index contributed by atoms with van der Waals surface area (Å²) in [7, 11) is 0. The molecule has 0 aromatic rings. The van der Waals surface area contributed by atoms with Gasteiger partial charge in [0, 0.05) is 34.6 Å². The van der Waals surface area contributed by atoms with Gasteiger partial charge in [-0.2, -0.15) is 0 Å². The third-order valence-electron chi connectivity index (χ3n) is 20.7. The van der Waals surface area contributed by atoms with Crippen molar-refractivity contribution in [2.45, 2.75) is 318 Å². The van der Waals surface area contributed by atoms with Crippen molar-refractivity contribution in [1.82, 2.24) is 26.6 Å². The van der Waals surface area contributed by atoms with Crippen molar-refractivity contribution in [2.75, 3.05) is 52.9 Å². The zero-order chi connectivity index (χ0) is 84.1. The Kier molecular flexibility index (Phi) is 33.6. The molecule has 50 heteroatoms. The molecule has 0 bridgehead atoms. The van der Waals surface area contributed by atoms with E-state index in [-0.39, 0.29) is 0 Å². The minimum absolute atomic E-state index is 0.833. The lowest BCUT2D eigenvalue weighted by Crippen LogP contribution is -2.71. The molecule has 0 aromatic carbocycles. The Morgan fingerprint density at radius 3 is 1.00 bits per heavy atom. The Balaban J connectivity index is 1.09. The molecule has 9 heterocycles. The number of aliphatic hydroxyl groups excluding tert-OH is 23. The first-order chi connectivity index (χ1) is 53.8. The average Bonchev–Trinajstić information content (AvgIpc) is 0.765. The predicted octanol–water partition coefficient (Wildman–Crippen LogP) is -18.9. The van der Waals surface area contributed by atoms with Crippen LogP contribution in [0.2, 0.25) is 0 Å². The van der Waals surface area contributed by atoms with Gasteiger partial charge < -0.3 is 225 Å². The van der Waals surface area contributed by atoms with Crippen LogP contribution in [0, 0.1) is 0 Å².